The summed E-state index contributed by atoms with van der Waals surface area (Å²) in [4.78, 5) is 4.49. The van der Waals surface area contributed by atoms with Crippen LogP contribution in [0.2, 0.25) is 0 Å². The van der Waals surface area contributed by atoms with E-state index in [4.69, 9.17) is 10.2 Å². The molecule has 0 aliphatic heterocycles. The summed E-state index contributed by atoms with van der Waals surface area (Å²) in [5.74, 6) is 0.784. The van der Waals surface area contributed by atoms with Crippen molar-refractivity contribution >= 4 is 11.1 Å². The summed E-state index contributed by atoms with van der Waals surface area (Å²) >= 11 is 0. The minimum atomic E-state index is -0.0607. The molecule has 0 spiro atoms. The van der Waals surface area contributed by atoms with Crippen LogP contribution in [0.15, 0.2) is 22.6 Å². The molecule has 1 aromatic heterocycles. The number of benzene rings is 1. The zero-order valence-electron chi connectivity index (χ0n) is 9.49. The third-order valence-corrected chi connectivity index (χ3v) is 3.51. The van der Waals surface area contributed by atoms with Crippen molar-refractivity contribution in [3.8, 4) is 0 Å². The molecular weight excluding hydrogens is 200 g/mol. The Hall–Kier alpha value is -1.35. The molecule has 1 saturated carbocycles. The first-order valence-corrected chi connectivity index (χ1v) is 5.80. The summed E-state index contributed by atoms with van der Waals surface area (Å²) in [5.41, 5.74) is 9.11. The fourth-order valence-corrected chi connectivity index (χ4v) is 2.32. The molecule has 3 heteroatoms. The smallest absolute Gasteiger partial charge is 0.197 e. The Bertz CT molecular complexity index is 526. The lowest BCUT2D eigenvalue weighted by Crippen LogP contribution is -2.48. The van der Waals surface area contributed by atoms with E-state index < -0.39 is 0 Å². The van der Waals surface area contributed by atoms with Crippen molar-refractivity contribution in [2.45, 2.75) is 38.1 Å². The summed E-state index contributed by atoms with van der Waals surface area (Å²) in [6.45, 7) is 2.04. The number of nitrogens with zero attached hydrogens (tertiary/aromatic N) is 1. The average molecular weight is 216 g/mol. The molecule has 0 atom stereocenters. The first kappa shape index (κ1) is 9.85. The first-order chi connectivity index (χ1) is 7.66. The molecule has 0 radical (unpaired) electrons. The number of para-hydroxylation sites is 1. The number of oxazole rings is 1. The molecule has 1 aliphatic carbocycles. The van der Waals surface area contributed by atoms with Crippen LogP contribution in [0.3, 0.4) is 0 Å². The lowest BCUT2D eigenvalue weighted by Gasteiger charge is -2.36. The molecule has 0 bridgehead atoms. The van der Waals surface area contributed by atoms with Gasteiger partial charge in [-0.2, -0.15) is 0 Å². The third kappa shape index (κ3) is 1.52. The number of hydrogen-bond donors (Lipinski definition) is 1. The summed E-state index contributed by atoms with van der Waals surface area (Å²) in [5, 5.41) is 0. The van der Waals surface area contributed by atoms with Crippen molar-refractivity contribution in [2.24, 2.45) is 5.73 Å². The lowest BCUT2D eigenvalue weighted by atomic mass is 9.75. The van der Waals surface area contributed by atoms with Crippen LogP contribution in [-0.2, 0) is 6.42 Å². The fourth-order valence-electron chi connectivity index (χ4n) is 2.32. The Labute approximate surface area is 94.7 Å². The van der Waals surface area contributed by atoms with Gasteiger partial charge in [-0.3, -0.25) is 0 Å². The van der Waals surface area contributed by atoms with Crippen molar-refractivity contribution in [1.82, 2.24) is 4.98 Å². The van der Waals surface area contributed by atoms with Gasteiger partial charge in [-0.1, -0.05) is 12.1 Å². The van der Waals surface area contributed by atoms with E-state index in [-0.39, 0.29) is 5.54 Å². The van der Waals surface area contributed by atoms with Gasteiger partial charge < -0.3 is 10.2 Å². The number of rotatable bonds is 2. The highest BCUT2D eigenvalue weighted by Gasteiger charge is 2.34. The number of hydrogen-bond acceptors (Lipinski definition) is 3. The van der Waals surface area contributed by atoms with Crippen LogP contribution < -0.4 is 5.73 Å². The van der Waals surface area contributed by atoms with Gasteiger partial charge in [-0.15, -0.1) is 0 Å². The van der Waals surface area contributed by atoms with E-state index in [9.17, 15) is 0 Å². The van der Waals surface area contributed by atoms with Crippen LogP contribution in [-0.4, -0.2) is 10.5 Å². The fraction of sp³-hybridized carbons (Fsp3) is 0.462. The molecule has 0 saturated heterocycles. The van der Waals surface area contributed by atoms with Gasteiger partial charge in [0, 0.05) is 12.0 Å². The van der Waals surface area contributed by atoms with Gasteiger partial charge in [-0.05, 0) is 37.8 Å². The van der Waals surface area contributed by atoms with Gasteiger partial charge in [0.1, 0.15) is 5.52 Å². The Morgan fingerprint density at radius 3 is 2.88 bits per heavy atom. The van der Waals surface area contributed by atoms with Gasteiger partial charge in [0.15, 0.2) is 11.5 Å². The molecule has 3 nitrogen and oxygen atoms in total. The van der Waals surface area contributed by atoms with Crippen LogP contribution in [0.4, 0.5) is 0 Å². The highest BCUT2D eigenvalue weighted by molar-refractivity contribution is 5.75. The van der Waals surface area contributed by atoms with E-state index in [0.29, 0.717) is 0 Å². The van der Waals surface area contributed by atoms with Crippen LogP contribution in [0.5, 0.6) is 0 Å². The summed E-state index contributed by atoms with van der Waals surface area (Å²) in [7, 11) is 0. The zero-order valence-corrected chi connectivity index (χ0v) is 9.49. The van der Waals surface area contributed by atoms with E-state index >= 15 is 0 Å². The van der Waals surface area contributed by atoms with Crippen molar-refractivity contribution in [3.05, 3.63) is 29.7 Å². The van der Waals surface area contributed by atoms with Crippen molar-refractivity contribution in [2.75, 3.05) is 0 Å². The first-order valence-electron chi connectivity index (χ1n) is 5.80. The quantitative estimate of drug-likeness (QED) is 0.839. The molecule has 1 heterocycles. The second kappa shape index (κ2) is 3.32. The second-order valence-corrected chi connectivity index (χ2v) is 4.92. The standard InChI is InChI=1S/C13H16N2O/c1-9-4-2-5-10-12(9)16-11(15-10)8-13(14)6-3-7-13/h2,4-5H,3,6-8,14H2,1H3. The van der Waals surface area contributed by atoms with Crippen molar-refractivity contribution < 1.29 is 4.42 Å². The Balaban J connectivity index is 1.96. The third-order valence-electron chi connectivity index (χ3n) is 3.51. The number of nitrogens with two attached hydrogens (primary N) is 1. The minimum absolute atomic E-state index is 0.0607. The molecule has 16 heavy (non-hydrogen) atoms. The van der Waals surface area contributed by atoms with E-state index in [0.717, 1.165) is 41.8 Å². The maximum atomic E-state index is 6.19. The number of aryl methyl sites for hydroxylation is 1. The van der Waals surface area contributed by atoms with Crippen LogP contribution in [0.25, 0.3) is 11.1 Å². The molecule has 1 aromatic carbocycles. The minimum Gasteiger partial charge on any atom is -0.440 e. The van der Waals surface area contributed by atoms with Crippen molar-refractivity contribution in [1.29, 1.82) is 0 Å². The van der Waals surface area contributed by atoms with Crippen LogP contribution >= 0.6 is 0 Å². The molecule has 0 amide bonds. The summed E-state index contributed by atoms with van der Waals surface area (Å²) in [6, 6.07) is 6.03. The maximum Gasteiger partial charge on any atom is 0.197 e. The SMILES string of the molecule is Cc1cccc2nc(CC3(N)CCC3)oc12. The number of aromatic nitrogens is 1. The van der Waals surface area contributed by atoms with Gasteiger partial charge >= 0.3 is 0 Å². The largest absolute Gasteiger partial charge is 0.440 e. The lowest BCUT2D eigenvalue weighted by molar-refractivity contribution is 0.232. The average Bonchev–Trinajstić information content (AvgIpc) is 2.59. The Morgan fingerprint density at radius 1 is 1.44 bits per heavy atom. The molecule has 1 fully saturated rings. The van der Waals surface area contributed by atoms with E-state index in [1.54, 1.807) is 0 Å². The molecule has 2 aromatic rings. The predicted octanol–water partition coefficient (Wildman–Crippen LogP) is 2.56. The molecule has 2 N–H and O–H groups in total. The maximum absolute atomic E-state index is 6.19. The van der Waals surface area contributed by atoms with Gasteiger partial charge in [-0.25, -0.2) is 4.98 Å². The molecule has 0 unspecified atom stereocenters. The van der Waals surface area contributed by atoms with Gasteiger partial charge in [0.05, 0.1) is 0 Å². The normalized spacial score (nSPS) is 18.6. The predicted molar refractivity (Wildman–Crippen MR) is 63.2 cm³/mol. The molecular formula is C13H16N2O. The summed E-state index contributed by atoms with van der Waals surface area (Å²) in [6.07, 6.45) is 4.17. The summed E-state index contributed by atoms with van der Waals surface area (Å²) < 4.78 is 5.78. The molecule has 84 valence electrons. The van der Waals surface area contributed by atoms with Gasteiger partial charge in [0.2, 0.25) is 0 Å². The Kier molecular flexibility index (Phi) is 2.04. The van der Waals surface area contributed by atoms with Crippen LogP contribution in [0, 0.1) is 6.92 Å². The second-order valence-electron chi connectivity index (χ2n) is 4.92. The van der Waals surface area contributed by atoms with E-state index in [1.165, 1.54) is 6.42 Å². The number of fused-ring (bicyclic) bond motifs is 1. The highest BCUT2D eigenvalue weighted by Crippen LogP contribution is 2.33. The molecule has 1 aliphatic rings. The Morgan fingerprint density at radius 2 is 2.25 bits per heavy atom. The zero-order chi connectivity index (χ0) is 11.2. The van der Waals surface area contributed by atoms with Crippen molar-refractivity contribution in [3.63, 3.8) is 0 Å². The van der Waals surface area contributed by atoms with E-state index in [2.05, 4.69) is 4.98 Å². The van der Waals surface area contributed by atoms with E-state index in [1.807, 2.05) is 25.1 Å². The van der Waals surface area contributed by atoms with Gasteiger partial charge in [0.25, 0.3) is 0 Å². The monoisotopic (exact) mass is 216 g/mol. The van der Waals surface area contributed by atoms with Crippen LogP contribution in [0.1, 0.15) is 30.7 Å². The topological polar surface area (TPSA) is 52.0 Å². The highest BCUT2D eigenvalue weighted by atomic mass is 16.3. The molecule has 3 rings (SSSR count).